The maximum absolute atomic E-state index is 11.8. The Morgan fingerprint density at radius 2 is 1.14 bits per heavy atom. The van der Waals surface area contributed by atoms with Crippen molar-refractivity contribution in [3.8, 4) is 0 Å². The highest BCUT2D eigenvalue weighted by Gasteiger charge is 2.22. The second kappa shape index (κ2) is 11.4. The molecular formula is C34H39N5O3. The fourth-order valence-electron chi connectivity index (χ4n) is 6.24. The number of rotatable bonds is 8. The van der Waals surface area contributed by atoms with Crippen molar-refractivity contribution in [2.45, 2.75) is 80.1 Å². The summed E-state index contributed by atoms with van der Waals surface area (Å²) < 4.78 is 0. The van der Waals surface area contributed by atoms with Crippen LogP contribution in [0, 0.1) is 13.8 Å². The van der Waals surface area contributed by atoms with E-state index in [0.29, 0.717) is 18.5 Å². The lowest BCUT2D eigenvalue weighted by Gasteiger charge is -2.05. The van der Waals surface area contributed by atoms with Crippen LogP contribution < -0.4 is 5.73 Å². The van der Waals surface area contributed by atoms with Gasteiger partial charge in [0, 0.05) is 34.9 Å². The number of aliphatic carboxylic acids is 1. The molecule has 8 heteroatoms. The molecule has 5 rings (SSSR count). The Kier molecular flexibility index (Phi) is 7.91. The van der Waals surface area contributed by atoms with Gasteiger partial charge in [0.15, 0.2) is 0 Å². The number of hydrogen-bond donors (Lipinski definition) is 4. The van der Waals surface area contributed by atoms with E-state index in [1.54, 1.807) is 0 Å². The first kappa shape index (κ1) is 29.0. The Balaban J connectivity index is 1.92. The summed E-state index contributed by atoms with van der Waals surface area (Å²) in [5.74, 6) is -1.22. The van der Waals surface area contributed by atoms with E-state index >= 15 is 0 Å². The Hall–Kier alpha value is -4.46. The predicted molar refractivity (Wildman–Crippen MR) is 170 cm³/mol. The zero-order valence-corrected chi connectivity index (χ0v) is 25.3. The monoisotopic (exact) mass is 565 g/mol. The molecule has 8 bridgehead atoms. The number of fused-ring (bicyclic) bond motifs is 8. The standard InChI is InChI=1S/C34H39N5O3/c1-7-21-17(3)25-13-26-20(6)24(10-12-34(41)42)32(38-26)16-31-23(9-11-33(35)40)19(5)28(39-31)15-30-22(8-2)18(4)27(37-30)14-29(21)36-25/h13-16,36-37H,7-12H2,1-6H3,(H2,35,40)(H,41,42). The van der Waals surface area contributed by atoms with Crippen molar-refractivity contribution < 1.29 is 14.7 Å². The molecule has 8 nitrogen and oxygen atoms in total. The molecule has 3 aromatic rings. The molecule has 2 aliphatic rings. The molecular weight excluding hydrogens is 526 g/mol. The van der Waals surface area contributed by atoms with E-state index < -0.39 is 5.97 Å². The normalized spacial score (nSPS) is 13.3. The lowest BCUT2D eigenvalue weighted by atomic mass is 9.98. The highest BCUT2D eigenvalue weighted by Crippen LogP contribution is 2.38. The fraction of sp³-hybridized carbons (Fsp3) is 0.353. The number of hydrogen-bond acceptors (Lipinski definition) is 4. The first-order chi connectivity index (χ1) is 20.0. The molecule has 0 aliphatic carbocycles. The number of nitrogens with zero attached hydrogens (tertiary/aromatic N) is 2. The van der Waals surface area contributed by atoms with E-state index in [0.717, 1.165) is 74.3 Å². The van der Waals surface area contributed by atoms with E-state index in [9.17, 15) is 14.7 Å². The van der Waals surface area contributed by atoms with Crippen LogP contribution in [0.15, 0.2) is 24.3 Å². The highest BCUT2D eigenvalue weighted by molar-refractivity contribution is 5.96. The van der Waals surface area contributed by atoms with Gasteiger partial charge < -0.3 is 20.8 Å². The number of aryl methyl sites for hydroxylation is 4. The van der Waals surface area contributed by atoms with E-state index in [-0.39, 0.29) is 18.7 Å². The van der Waals surface area contributed by atoms with Crippen molar-refractivity contribution in [2.24, 2.45) is 5.73 Å². The van der Waals surface area contributed by atoms with Crippen molar-refractivity contribution >= 4 is 56.2 Å². The maximum atomic E-state index is 11.8. The molecule has 0 saturated carbocycles. The molecule has 0 fully saturated rings. The van der Waals surface area contributed by atoms with E-state index in [2.05, 4.69) is 55.9 Å². The van der Waals surface area contributed by atoms with Crippen molar-refractivity contribution in [3.63, 3.8) is 0 Å². The third-order valence-corrected chi connectivity index (χ3v) is 8.72. The quantitative estimate of drug-likeness (QED) is 0.232. The molecule has 218 valence electrons. The average molecular weight is 566 g/mol. The van der Waals surface area contributed by atoms with Crippen LogP contribution in [-0.2, 0) is 22.4 Å². The van der Waals surface area contributed by atoms with Gasteiger partial charge in [-0.2, -0.15) is 0 Å². The van der Waals surface area contributed by atoms with Gasteiger partial charge in [0.25, 0.3) is 0 Å². The van der Waals surface area contributed by atoms with Gasteiger partial charge in [-0.15, -0.1) is 0 Å². The number of H-pyrrole nitrogens is 2. The summed E-state index contributed by atoms with van der Waals surface area (Å²) in [5.41, 5.74) is 21.4. The Morgan fingerprint density at radius 3 is 1.62 bits per heavy atom. The Labute approximate surface area is 245 Å². The summed E-state index contributed by atoms with van der Waals surface area (Å²) in [5, 5.41) is 9.47. The van der Waals surface area contributed by atoms with E-state index in [4.69, 9.17) is 15.7 Å². The topological polar surface area (TPSA) is 138 Å². The average Bonchev–Trinajstić information content (AvgIpc) is 3.59. The lowest BCUT2D eigenvalue weighted by molar-refractivity contribution is -0.136. The minimum Gasteiger partial charge on any atom is -0.481 e. The van der Waals surface area contributed by atoms with Gasteiger partial charge in [0.2, 0.25) is 5.91 Å². The van der Waals surface area contributed by atoms with Crippen LogP contribution in [-0.4, -0.2) is 36.9 Å². The van der Waals surface area contributed by atoms with Crippen molar-refractivity contribution in [1.29, 1.82) is 0 Å². The SMILES string of the molecule is CCc1c(C)c2cc3[nH]c(cc4nc(cc5nc(cc1[nH]2)C(C)=C5CCC(N)=O)C(CCC(=O)O)=C4C)c(C)c3CC. The number of nitrogens with two attached hydrogens (primary N) is 1. The van der Waals surface area contributed by atoms with Crippen LogP contribution in [0.4, 0.5) is 0 Å². The number of carbonyl (C=O) groups is 2. The summed E-state index contributed by atoms with van der Waals surface area (Å²) >= 11 is 0. The number of carboxylic acid groups (broad SMARTS) is 1. The van der Waals surface area contributed by atoms with Crippen LogP contribution >= 0.6 is 0 Å². The van der Waals surface area contributed by atoms with Gasteiger partial charge in [-0.25, -0.2) is 9.97 Å². The molecule has 3 aromatic heterocycles. The first-order valence-electron chi connectivity index (χ1n) is 14.7. The molecule has 2 aliphatic heterocycles. The van der Waals surface area contributed by atoms with Gasteiger partial charge in [-0.3, -0.25) is 9.59 Å². The summed E-state index contributed by atoms with van der Waals surface area (Å²) in [6, 6.07) is 8.29. The van der Waals surface area contributed by atoms with Gasteiger partial charge in [-0.1, -0.05) is 13.8 Å². The second-order valence-electron chi connectivity index (χ2n) is 11.2. The van der Waals surface area contributed by atoms with Crippen LogP contribution in [0.2, 0.25) is 0 Å². The zero-order chi connectivity index (χ0) is 30.3. The molecule has 0 saturated heterocycles. The lowest BCUT2D eigenvalue weighted by Crippen LogP contribution is -2.09. The Bertz CT molecular complexity index is 1850. The largest absolute Gasteiger partial charge is 0.481 e. The molecule has 5 N–H and O–H groups in total. The van der Waals surface area contributed by atoms with Gasteiger partial charge in [-0.05, 0) is 122 Å². The number of aromatic amines is 2. The molecule has 1 amide bonds. The maximum Gasteiger partial charge on any atom is 0.303 e. The van der Waals surface area contributed by atoms with Gasteiger partial charge >= 0.3 is 5.97 Å². The number of nitrogens with one attached hydrogen (secondary N) is 2. The van der Waals surface area contributed by atoms with Gasteiger partial charge in [0.05, 0.1) is 22.8 Å². The van der Waals surface area contributed by atoms with E-state index in [1.165, 1.54) is 22.3 Å². The number of allylic oxidation sites excluding steroid dienone is 4. The molecule has 0 spiro atoms. The summed E-state index contributed by atoms with van der Waals surface area (Å²) in [4.78, 5) is 40.7. The molecule has 0 unspecified atom stereocenters. The minimum atomic E-state index is -0.855. The Morgan fingerprint density at radius 1 is 0.690 bits per heavy atom. The number of carbonyl (C=O) groups excluding carboxylic acids is 1. The number of amides is 1. The molecule has 5 heterocycles. The summed E-state index contributed by atoms with van der Waals surface area (Å²) in [7, 11) is 0. The zero-order valence-electron chi connectivity index (χ0n) is 25.3. The minimum absolute atomic E-state index is 0.00252. The van der Waals surface area contributed by atoms with E-state index in [1.807, 2.05) is 19.9 Å². The van der Waals surface area contributed by atoms with Crippen LogP contribution in [0.5, 0.6) is 0 Å². The highest BCUT2D eigenvalue weighted by atomic mass is 16.4. The molecule has 0 radical (unpaired) electrons. The third kappa shape index (κ3) is 5.29. The molecule has 42 heavy (non-hydrogen) atoms. The predicted octanol–water partition coefficient (Wildman–Crippen LogP) is 7.05. The summed E-state index contributed by atoms with van der Waals surface area (Å²) in [6.45, 7) is 12.6. The second-order valence-corrected chi connectivity index (χ2v) is 11.2. The number of aromatic nitrogens is 4. The van der Waals surface area contributed by atoms with Crippen molar-refractivity contribution in [2.75, 3.05) is 0 Å². The number of carboxylic acids is 1. The summed E-state index contributed by atoms with van der Waals surface area (Å²) in [6.07, 6.45) is 2.78. The van der Waals surface area contributed by atoms with Crippen LogP contribution in [0.25, 0.3) is 44.4 Å². The van der Waals surface area contributed by atoms with Crippen molar-refractivity contribution in [1.82, 2.24) is 19.9 Å². The first-order valence-corrected chi connectivity index (χ1v) is 14.7. The molecule has 0 aromatic carbocycles. The van der Waals surface area contributed by atoms with Crippen LogP contribution in [0.3, 0.4) is 0 Å². The fourth-order valence-corrected chi connectivity index (χ4v) is 6.24. The van der Waals surface area contributed by atoms with Crippen molar-refractivity contribution in [3.05, 3.63) is 69.3 Å². The smallest absolute Gasteiger partial charge is 0.303 e. The number of primary amides is 1. The third-order valence-electron chi connectivity index (χ3n) is 8.72. The van der Waals surface area contributed by atoms with Gasteiger partial charge in [0.1, 0.15) is 0 Å². The van der Waals surface area contributed by atoms with Crippen LogP contribution in [0.1, 0.15) is 98.4 Å². The molecule has 0 atom stereocenters.